The predicted octanol–water partition coefficient (Wildman–Crippen LogP) is 2.72. The van der Waals surface area contributed by atoms with E-state index in [-0.39, 0.29) is 0 Å². The van der Waals surface area contributed by atoms with Gasteiger partial charge in [0.1, 0.15) is 0 Å². The molecular formula is C12H11NO2P+. The van der Waals surface area contributed by atoms with Gasteiger partial charge in [0.25, 0.3) is 0 Å². The van der Waals surface area contributed by atoms with Crippen molar-refractivity contribution in [2.24, 2.45) is 0 Å². The molecule has 0 aliphatic carbocycles. The van der Waals surface area contributed by atoms with E-state index >= 15 is 0 Å². The van der Waals surface area contributed by atoms with Crippen LogP contribution >= 0.6 is 8.03 Å². The molecule has 1 unspecified atom stereocenters. The molecule has 0 aromatic heterocycles. The monoisotopic (exact) mass is 232 g/mol. The van der Waals surface area contributed by atoms with Crippen molar-refractivity contribution in [2.45, 2.75) is 0 Å². The van der Waals surface area contributed by atoms with E-state index in [0.717, 1.165) is 0 Å². The molecule has 1 atom stereocenters. The lowest BCUT2D eigenvalue weighted by Gasteiger charge is -1.94. The Balaban J connectivity index is 2.14. The zero-order chi connectivity index (χ0) is 11.4. The van der Waals surface area contributed by atoms with E-state index in [4.69, 9.17) is 10.3 Å². The summed E-state index contributed by atoms with van der Waals surface area (Å²) in [6.07, 6.45) is 0. The van der Waals surface area contributed by atoms with Crippen LogP contribution in [0, 0.1) is 0 Å². The van der Waals surface area contributed by atoms with Crippen LogP contribution < -0.4 is 15.6 Å². The zero-order valence-electron chi connectivity index (χ0n) is 8.54. The van der Waals surface area contributed by atoms with E-state index in [1.54, 1.807) is 36.4 Å². The molecule has 0 aliphatic heterocycles. The fourth-order valence-corrected chi connectivity index (χ4v) is 2.10. The molecule has 16 heavy (non-hydrogen) atoms. The molecule has 3 nitrogen and oxygen atoms in total. The Morgan fingerprint density at radius 2 is 1.75 bits per heavy atom. The maximum absolute atomic E-state index is 11.8. The van der Waals surface area contributed by atoms with Gasteiger partial charge in [0, 0.05) is 11.8 Å². The lowest BCUT2D eigenvalue weighted by molar-refractivity contribution is 0.514. The number of hydrogen-bond acceptors (Lipinski definition) is 3. The summed E-state index contributed by atoms with van der Waals surface area (Å²) in [5, 5.41) is 0.667. The molecule has 0 fully saturated rings. The van der Waals surface area contributed by atoms with Gasteiger partial charge in [-0.1, -0.05) is 24.3 Å². The van der Waals surface area contributed by atoms with Crippen LogP contribution in [0.2, 0.25) is 0 Å². The Labute approximate surface area is 94.7 Å². The lowest BCUT2D eigenvalue weighted by Crippen LogP contribution is -1.98. The summed E-state index contributed by atoms with van der Waals surface area (Å²) in [5.74, 6) is 0.518. The number of benzene rings is 2. The molecule has 2 aromatic carbocycles. The number of rotatable bonds is 3. The van der Waals surface area contributed by atoms with E-state index in [1.807, 2.05) is 18.2 Å². The highest BCUT2D eigenvalue weighted by Crippen LogP contribution is 2.27. The lowest BCUT2D eigenvalue weighted by atomic mass is 10.3. The second kappa shape index (κ2) is 4.77. The molecule has 2 aromatic rings. The minimum Gasteiger partial charge on any atom is -0.399 e. The van der Waals surface area contributed by atoms with Crippen molar-refractivity contribution in [3.05, 3.63) is 54.6 Å². The molecule has 0 aliphatic rings. The van der Waals surface area contributed by atoms with Crippen molar-refractivity contribution in [2.75, 3.05) is 5.73 Å². The zero-order valence-corrected chi connectivity index (χ0v) is 9.43. The summed E-state index contributed by atoms with van der Waals surface area (Å²) in [4.78, 5) is 0. The van der Waals surface area contributed by atoms with E-state index in [2.05, 4.69) is 0 Å². The smallest absolute Gasteiger partial charge is 0.399 e. The maximum atomic E-state index is 11.8. The molecule has 80 valence electrons. The third kappa shape index (κ3) is 2.59. The highest BCUT2D eigenvalue weighted by Gasteiger charge is 2.22. The maximum Gasteiger partial charge on any atom is 0.597 e. The summed E-state index contributed by atoms with van der Waals surface area (Å²) >= 11 is 0. The van der Waals surface area contributed by atoms with Crippen molar-refractivity contribution >= 4 is 19.0 Å². The van der Waals surface area contributed by atoms with Crippen LogP contribution in [0.15, 0.2) is 54.6 Å². The van der Waals surface area contributed by atoms with Gasteiger partial charge in [-0.15, -0.1) is 0 Å². The van der Waals surface area contributed by atoms with Gasteiger partial charge >= 0.3 is 8.03 Å². The van der Waals surface area contributed by atoms with Crippen LogP contribution in [0.25, 0.3) is 0 Å². The summed E-state index contributed by atoms with van der Waals surface area (Å²) in [6.45, 7) is 0. The fraction of sp³-hybridized carbons (Fsp3) is 0. The minimum atomic E-state index is -1.87. The molecule has 2 rings (SSSR count). The van der Waals surface area contributed by atoms with Crippen molar-refractivity contribution in [3.63, 3.8) is 0 Å². The SMILES string of the molecule is Nc1cccc(O[P+](=O)c2ccccc2)c1. The number of hydrogen-bond donors (Lipinski definition) is 1. The van der Waals surface area contributed by atoms with Crippen molar-refractivity contribution < 1.29 is 9.09 Å². The average Bonchev–Trinajstić information content (AvgIpc) is 2.30. The Hall–Kier alpha value is -1.86. The molecule has 0 saturated heterocycles. The fourth-order valence-electron chi connectivity index (χ4n) is 1.27. The molecule has 0 amide bonds. The van der Waals surface area contributed by atoms with Crippen molar-refractivity contribution in [3.8, 4) is 5.75 Å². The summed E-state index contributed by atoms with van der Waals surface area (Å²) < 4.78 is 17.1. The Morgan fingerprint density at radius 3 is 2.44 bits per heavy atom. The molecule has 0 bridgehead atoms. The van der Waals surface area contributed by atoms with Gasteiger partial charge < -0.3 is 5.73 Å². The Bertz CT molecular complexity index is 499. The van der Waals surface area contributed by atoms with Crippen molar-refractivity contribution in [1.82, 2.24) is 0 Å². The average molecular weight is 232 g/mol. The molecule has 0 radical (unpaired) electrons. The van der Waals surface area contributed by atoms with Gasteiger partial charge in [0.05, 0.1) is 0 Å². The standard InChI is InChI=1S/C12H11NO2P/c13-10-5-4-6-11(9-10)15-16(14)12-7-2-1-3-8-12/h1-9H,13H2/q+1. The van der Waals surface area contributed by atoms with Gasteiger partial charge in [-0.25, -0.2) is 0 Å². The van der Waals surface area contributed by atoms with Gasteiger partial charge in [-0.3, -0.25) is 4.52 Å². The van der Waals surface area contributed by atoms with Gasteiger partial charge in [-0.2, -0.15) is 0 Å². The van der Waals surface area contributed by atoms with E-state index < -0.39 is 8.03 Å². The topological polar surface area (TPSA) is 52.3 Å². The van der Waals surface area contributed by atoms with Crippen LogP contribution in [0.4, 0.5) is 5.69 Å². The highest BCUT2D eigenvalue weighted by molar-refractivity contribution is 7.48. The molecular weight excluding hydrogens is 221 g/mol. The number of nitrogen functional groups attached to an aromatic ring is 1. The third-order valence-electron chi connectivity index (χ3n) is 2.01. The third-order valence-corrected chi connectivity index (χ3v) is 3.11. The Kier molecular flexibility index (Phi) is 3.18. The molecule has 0 heterocycles. The summed E-state index contributed by atoms with van der Waals surface area (Å²) in [5.41, 5.74) is 6.19. The predicted molar refractivity (Wildman–Crippen MR) is 65.2 cm³/mol. The van der Waals surface area contributed by atoms with E-state index in [9.17, 15) is 4.57 Å². The second-order valence-electron chi connectivity index (χ2n) is 3.26. The van der Waals surface area contributed by atoms with Crippen LogP contribution in [0.5, 0.6) is 5.75 Å². The largest absolute Gasteiger partial charge is 0.597 e. The van der Waals surface area contributed by atoms with Crippen LogP contribution in [0.1, 0.15) is 0 Å². The minimum absolute atomic E-state index is 0.518. The quantitative estimate of drug-likeness (QED) is 0.653. The van der Waals surface area contributed by atoms with E-state index in [1.165, 1.54) is 0 Å². The molecule has 0 spiro atoms. The first kappa shape index (κ1) is 10.7. The highest BCUT2D eigenvalue weighted by atomic mass is 31.1. The van der Waals surface area contributed by atoms with Gasteiger partial charge in [-0.05, 0) is 28.8 Å². The normalized spacial score (nSPS) is 10.9. The number of nitrogens with two attached hydrogens (primary N) is 1. The molecule has 2 N–H and O–H groups in total. The molecule has 4 heteroatoms. The van der Waals surface area contributed by atoms with Crippen molar-refractivity contribution in [1.29, 1.82) is 0 Å². The molecule has 0 saturated carbocycles. The number of anilines is 1. The van der Waals surface area contributed by atoms with Crippen LogP contribution in [0.3, 0.4) is 0 Å². The van der Waals surface area contributed by atoms with E-state index in [0.29, 0.717) is 16.7 Å². The van der Waals surface area contributed by atoms with Crippen LogP contribution in [-0.4, -0.2) is 0 Å². The first-order valence-corrected chi connectivity index (χ1v) is 5.99. The summed E-state index contributed by atoms with van der Waals surface area (Å²) in [6, 6.07) is 15.9. The first-order chi connectivity index (χ1) is 7.75. The van der Waals surface area contributed by atoms with Crippen LogP contribution in [-0.2, 0) is 4.57 Å². The van der Waals surface area contributed by atoms with Gasteiger partial charge in [0.2, 0.25) is 5.30 Å². The first-order valence-electron chi connectivity index (χ1n) is 4.81. The Morgan fingerprint density at radius 1 is 1.00 bits per heavy atom. The van der Waals surface area contributed by atoms with Gasteiger partial charge in [0.15, 0.2) is 5.75 Å². The summed E-state index contributed by atoms with van der Waals surface area (Å²) in [7, 11) is -1.87. The second-order valence-corrected chi connectivity index (χ2v) is 4.47.